The van der Waals surface area contributed by atoms with Gasteiger partial charge >= 0.3 is 0 Å². The highest BCUT2D eigenvalue weighted by Gasteiger charge is 2.41. The van der Waals surface area contributed by atoms with E-state index in [0.717, 1.165) is 38.1 Å². The molecule has 0 aliphatic heterocycles. The molecule has 2 rings (SSSR count). The zero-order valence-electron chi connectivity index (χ0n) is 9.85. The number of carbonyl (C=O) groups is 1. The van der Waals surface area contributed by atoms with Gasteiger partial charge in [0, 0.05) is 19.4 Å². The van der Waals surface area contributed by atoms with Crippen LogP contribution in [0.1, 0.15) is 51.4 Å². The second-order valence-electron chi connectivity index (χ2n) is 5.41. The molecular formula is C13H23NO. The van der Waals surface area contributed by atoms with Crippen LogP contribution >= 0.6 is 0 Å². The van der Waals surface area contributed by atoms with E-state index in [9.17, 15) is 4.79 Å². The molecule has 0 unspecified atom stereocenters. The van der Waals surface area contributed by atoms with Crippen LogP contribution in [0.5, 0.6) is 0 Å². The highest BCUT2D eigenvalue weighted by atomic mass is 16.1. The molecule has 2 aliphatic rings. The minimum Gasteiger partial charge on any atom is -0.319 e. The van der Waals surface area contributed by atoms with E-state index >= 15 is 0 Å². The standard InChI is InChI=1S/C13H23NO/c1-14-10-13(11-4-2-3-5-11)8-6-12(15)7-9-13/h11,14H,2-10H2,1H3. The molecule has 0 aromatic rings. The third kappa shape index (κ3) is 2.25. The first kappa shape index (κ1) is 11.1. The predicted molar refractivity (Wildman–Crippen MR) is 61.8 cm³/mol. The fourth-order valence-corrected chi connectivity index (χ4v) is 3.65. The second kappa shape index (κ2) is 4.65. The minimum absolute atomic E-state index is 0.457. The molecule has 0 heterocycles. The molecule has 0 spiro atoms. The minimum atomic E-state index is 0.457. The van der Waals surface area contributed by atoms with Gasteiger partial charge in [0.15, 0.2) is 0 Å². The van der Waals surface area contributed by atoms with Gasteiger partial charge in [-0.25, -0.2) is 0 Å². The van der Waals surface area contributed by atoms with Crippen molar-refractivity contribution in [2.45, 2.75) is 51.4 Å². The van der Waals surface area contributed by atoms with Gasteiger partial charge in [0.25, 0.3) is 0 Å². The summed E-state index contributed by atoms with van der Waals surface area (Å²) in [6, 6.07) is 0. The van der Waals surface area contributed by atoms with Gasteiger partial charge in [0.05, 0.1) is 0 Å². The molecule has 2 saturated carbocycles. The van der Waals surface area contributed by atoms with Crippen molar-refractivity contribution in [3.63, 3.8) is 0 Å². The van der Waals surface area contributed by atoms with Crippen molar-refractivity contribution in [3.8, 4) is 0 Å². The van der Waals surface area contributed by atoms with Crippen LogP contribution in [0.25, 0.3) is 0 Å². The zero-order chi connectivity index (χ0) is 10.7. The van der Waals surface area contributed by atoms with Gasteiger partial charge in [-0.15, -0.1) is 0 Å². The summed E-state index contributed by atoms with van der Waals surface area (Å²) in [5, 5.41) is 3.36. The molecule has 15 heavy (non-hydrogen) atoms. The Balaban J connectivity index is 2.05. The van der Waals surface area contributed by atoms with Crippen LogP contribution in [-0.4, -0.2) is 19.4 Å². The SMILES string of the molecule is CNCC1(C2CCCC2)CCC(=O)CC1. The molecular weight excluding hydrogens is 186 g/mol. The Morgan fingerprint density at radius 3 is 2.40 bits per heavy atom. The van der Waals surface area contributed by atoms with E-state index in [1.54, 1.807) is 0 Å². The van der Waals surface area contributed by atoms with E-state index in [1.165, 1.54) is 25.7 Å². The Morgan fingerprint density at radius 2 is 1.87 bits per heavy atom. The van der Waals surface area contributed by atoms with Crippen molar-refractivity contribution in [3.05, 3.63) is 0 Å². The van der Waals surface area contributed by atoms with E-state index < -0.39 is 0 Å². The molecule has 0 aromatic heterocycles. The van der Waals surface area contributed by atoms with Gasteiger partial charge in [0.1, 0.15) is 5.78 Å². The van der Waals surface area contributed by atoms with Gasteiger partial charge < -0.3 is 5.32 Å². The molecule has 1 N–H and O–H groups in total. The van der Waals surface area contributed by atoms with Gasteiger partial charge in [-0.3, -0.25) is 4.79 Å². The summed E-state index contributed by atoms with van der Waals surface area (Å²) in [6.07, 6.45) is 9.55. The third-order valence-corrected chi connectivity index (χ3v) is 4.55. The van der Waals surface area contributed by atoms with Crippen LogP contribution < -0.4 is 5.32 Å². The first-order chi connectivity index (χ1) is 7.27. The summed E-state index contributed by atoms with van der Waals surface area (Å²) < 4.78 is 0. The van der Waals surface area contributed by atoms with Gasteiger partial charge in [0.2, 0.25) is 0 Å². The molecule has 86 valence electrons. The lowest BCUT2D eigenvalue weighted by Crippen LogP contribution is -2.41. The van der Waals surface area contributed by atoms with Gasteiger partial charge in [-0.2, -0.15) is 0 Å². The van der Waals surface area contributed by atoms with Crippen molar-refractivity contribution in [2.75, 3.05) is 13.6 Å². The number of nitrogens with one attached hydrogen (secondary N) is 1. The molecule has 0 amide bonds. The summed E-state index contributed by atoms with van der Waals surface area (Å²) in [5.41, 5.74) is 0.457. The smallest absolute Gasteiger partial charge is 0.132 e. The Kier molecular flexibility index (Phi) is 3.45. The average molecular weight is 209 g/mol. The quantitative estimate of drug-likeness (QED) is 0.774. The lowest BCUT2D eigenvalue weighted by atomic mass is 9.65. The molecule has 2 nitrogen and oxygen atoms in total. The normalized spacial score (nSPS) is 27.1. The molecule has 0 bridgehead atoms. The maximum atomic E-state index is 11.3. The fraction of sp³-hybridized carbons (Fsp3) is 0.923. The van der Waals surface area contributed by atoms with Crippen molar-refractivity contribution in [1.29, 1.82) is 0 Å². The van der Waals surface area contributed by atoms with Crippen LogP contribution in [0.2, 0.25) is 0 Å². The highest BCUT2D eigenvalue weighted by Crippen LogP contribution is 2.48. The molecule has 0 saturated heterocycles. The van der Waals surface area contributed by atoms with E-state index in [-0.39, 0.29) is 0 Å². The van der Waals surface area contributed by atoms with Crippen LogP contribution in [0, 0.1) is 11.3 Å². The summed E-state index contributed by atoms with van der Waals surface area (Å²) in [6.45, 7) is 1.12. The number of rotatable bonds is 3. The molecule has 0 atom stereocenters. The third-order valence-electron chi connectivity index (χ3n) is 4.55. The number of carbonyl (C=O) groups excluding carboxylic acids is 1. The number of ketones is 1. The summed E-state index contributed by atoms with van der Waals surface area (Å²) in [7, 11) is 2.05. The van der Waals surface area contributed by atoms with Gasteiger partial charge in [-0.05, 0) is 44.1 Å². The molecule has 2 fully saturated rings. The molecule has 2 heteroatoms. The number of hydrogen-bond donors (Lipinski definition) is 1. The van der Waals surface area contributed by atoms with Crippen molar-refractivity contribution >= 4 is 5.78 Å². The van der Waals surface area contributed by atoms with Gasteiger partial charge in [-0.1, -0.05) is 12.8 Å². The summed E-state index contributed by atoms with van der Waals surface area (Å²) in [5.74, 6) is 1.37. The number of Topliss-reactive ketones (excluding diaryl/α,β-unsaturated/α-hetero) is 1. The Labute approximate surface area is 92.8 Å². The summed E-state index contributed by atoms with van der Waals surface area (Å²) in [4.78, 5) is 11.3. The van der Waals surface area contributed by atoms with Crippen molar-refractivity contribution in [2.24, 2.45) is 11.3 Å². The largest absolute Gasteiger partial charge is 0.319 e. The second-order valence-corrected chi connectivity index (χ2v) is 5.41. The predicted octanol–water partition coefficient (Wildman–Crippen LogP) is 2.53. The van der Waals surface area contributed by atoms with Crippen LogP contribution in [0.15, 0.2) is 0 Å². The van der Waals surface area contributed by atoms with E-state index in [1.807, 2.05) is 7.05 Å². The van der Waals surface area contributed by atoms with Crippen LogP contribution in [0.4, 0.5) is 0 Å². The number of hydrogen-bond acceptors (Lipinski definition) is 2. The van der Waals surface area contributed by atoms with Crippen molar-refractivity contribution < 1.29 is 4.79 Å². The lowest BCUT2D eigenvalue weighted by Gasteiger charge is -2.42. The Bertz CT molecular complexity index is 221. The fourth-order valence-electron chi connectivity index (χ4n) is 3.65. The lowest BCUT2D eigenvalue weighted by molar-refractivity contribution is -0.123. The monoisotopic (exact) mass is 209 g/mol. The first-order valence-electron chi connectivity index (χ1n) is 6.43. The topological polar surface area (TPSA) is 29.1 Å². The summed E-state index contributed by atoms with van der Waals surface area (Å²) >= 11 is 0. The maximum absolute atomic E-state index is 11.3. The zero-order valence-corrected chi connectivity index (χ0v) is 9.85. The van der Waals surface area contributed by atoms with Crippen LogP contribution in [-0.2, 0) is 4.79 Å². The van der Waals surface area contributed by atoms with E-state index in [0.29, 0.717) is 11.2 Å². The first-order valence-corrected chi connectivity index (χ1v) is 6.43. The molecule has 0 radical (unpaired) electrons. The molecule has 2 aliphatic carbocycles. The average Bonchev–Trinajstić information content (AvgIpc) is 2.76. The molecule has 0 aromatic carbocycles. The van der Waals surface area contributed by atoms with Crippen molar-refractivity contribution in [1.82, 2.24) is 5.32 Å². The Morgan fingerprint density at radius 1 is 1.27 bits per heavy atom. The highest BCUT2D eigenvalue weighted by molar-refractivity contribution is 5.79. The Hall–Kier alpha value is -0.370. The van der Waals surface area contributed by atoms with E-state index in [2.05, 4.69) is 5.32 Å². The van der Waals surface area contributed by atoms with Crippen LogP contribution in [0.3, 0.4) is 0 Å². The maximum Gasteiger partial charge on any atom is 0.132 e. The van der Waals surface area contributed by atoms with E-state index in [4.69, 9.17) is 0 Å².